The molecule has 0 radical (unpaired) electrons. The molecule has 0 unspecified atom stereocenters. The molecule has 0 bridgehead atoms. The van der Waals surface area contributed by atoms with Crippen LogP contribution in [-0.4, -0.2) is 15.4 Å². The normalized spacial score (nSPS) is 9.29. The van der Waals surface area contributed by atoms with Crippen molar-refractivity contribution in [1.82, 2.24) is 9.13 Å². The van der Waals surface area contributed by atoms with Gasteiger partial charge >= 0.3 is 0 Å². The molecule has 0 amide bonds. The van der Waals surface area contributed by atoms with Crippen LogP contribution < -0.4 is 11.1 Å². The predicted molar refractivity (Wildman–Crippen MR) is 165 cm³/mol. The van der Waals surface area contributed by atoms with Gasteiger partial charge in [-0.2, -0.15) is 0 Å². The Morgan fingerprint density at radius 1 is 0.579 bits per heavy atom. The molecule has 4 aromatic rings. The molecule has 0 aliphatic rings. The van der Waals surface area contributed by atoms with E-state index >= 15 is 0 Å². The van der Waals surface area contributed by atoms with Gasteiger partial charge in [0.2, 0.25) is 0 Å². The van der Waals surface area contributed by atoms with Gasteiger partial charge in [0.15, 0.2) is 0 Å². The van der Waals surface area contributed by atoms with Crippen molar-refractivity contribution in [2.45, 2.75) is 56.9 Å². The van der Waals surface area contributed by atoms with E-state index in [9.17, 15) is 9.59 Å². The Balaban J connectivity index is 0. The molecular weight excluding hydrogens is 472 g/mol. The third-order valence-corrected chi connectivity index (χ3v) is 5.00. The quantitative estimate of drug-likeness (QED) is 0.262. The number of nitrogens with zero attached hydrogens (tertiary/aromatic N) is 2. The lowest BCUT2D eigenvalue weighted by atomic mass is 10.2. The molecule has 0 fully saturated rings. The van der Waals surface area contributed by atoms with Crippen LogP contribution in [0.25, 0.3) is 17.5 Å². The van der Waals surface area contributed by atoms with Crippen LogP contribution in [0.1, 0.15) is 58.4 Å². The van der Waals surface area contributed by atoms with E-state index in [2.05, 4.69) is 0 Å². The number of pyridine rings is 2. The minimum absolute atomic E-state index is 0. The zero-order valence-electron chi connectivity index (χ0n) is 20.9. The number of hydrogen-bond donors (Lipinski definition) is 0. The fourth-order valence-corrected chi connectivity index (χ4v) is 3.21. The minimum Gasteiger partial charge on any atom is -0.304 e. The van der Waals surface area contributed by atoms with Crippen molar-refractivity contribution in [2.24, 2.45) is 0 Å². The summed E-state index contributed by atoms with van der Waals surface area (Å²) >= 11 is 0. The number of rotatable bonds is 3. The average Bonchev–Trinajstić information content (AvgIpc) is 2.82. The van der Waals surface area contributed by atoms with Gasteiger partial charge in [-0.25, -0.2) is 0 Å². The van der Waals surface area contributed by atoms with E-state index in [0.29, 0.717) is 0 Å². The lowest BCUT2D eigenvalue weighted by molar-refractivity contribution is -0.106. The summed E-state index contributed by atoms with van der Waals surface area (Å²) in [6.07, 6.45) is 8.20. The van der Waals surface area contributed by atoms with E-state index in [1.165, 1.54) is 18.1 Å². The van der Waals surface area contributed by atoms with Gasteiger partial charge < -0.3 is 4.79 Å². The summed E-state index contributed by atoms with van der Waals surface area (Å²) in [5, 5.41) is 0. The number of carbonyl (C=O) groups is 1. The Morgan fingerprint density at radius 3 is 1.34 bits per heavy atom. The summed E-state index contributed by atoms with van der Waals surface area (Å²) in [7, 11) is 0. The van der Waals surface area contributed by atoms with Gasteiger partial charge in [-0.1, -0.05) is 69.8 Å². The third kappa shape index (κ3) is 10.8. The molecule has 38 heavy (non-hydrogen) atoms. The number of carbonyl (C=O) groups excluding carboxylic acids is 1. The summed E-state index contributed by atoms with van der Waals surface area (Å²) in [6, 6.07) is 22.9. The Bertz CT molecular complexity index is 1380. The first-order valence-corrected chi connectivity index (χ1v) is 11.4. The van der Waals surface area contributed by atoms with E-state index in [1.807, 2.05) is 113 Å². The Hall–Kier alpha value is -4.25. The van der Waals surface area contributed by atoms with E-state index in [1.54, 1.807) is 21.3 Å². The lowest BCUT2D eigenvalue weighted by Crippen LogP contribution is -2.16. The van der Waals surface area contributed by atoms with Crippen molar-refractivity contribution >= 4 is 12.4 Å². The Labute approximate surface area is 228 Å². The number of aryl methyl sites for hydroxylation is 3. The van der Waals surface area contributed by atoms with Crippen LogP contribution in [0.4, 0.5) is 0 Å². The fraction of sp³-hybridized carbons (Fsp3) is 0.242. The summed E-state index contributed by atoms with van der Waals surface area (Å²) in [6.45, 7) is 9.36. The average molecular weight is 517 g/mol. The van der Waals surface area contributed by atoms with Crippen molar-refractivity contribution in [3.8, 4) is 11.4 Å². The largest absolute Gasteiger partial charge is 0.304 e. The summed E-state index contributed by atoms with van der Waals surface area (Å²) in [4.78, 5) is 32.4. The van der Waals surface area contributed by atoms with Crippen LogP contribution in [0.15, 0.2) is 101 Å². The number of hydrogen-bond acceptors (Lipinski definition) is 3. The second kappa shape index (κ2) is 18.1. The molecule has 2 aromatic heterocycles. The standard InChI is InChI=1S/C15H15NO.C13H13NO.C2H4O.3CH4/c1-3-4-13-9-10-16(15(17)11-13)14-7-5-12(2)6-8-14;1-10-3-5-12(6-4-10)14-8-7-11(2)9-13(14)15;1-2-3;;;/h3-11H,1-2H3;3-9H,1-2H3;2H,1H3;3*1H4/b4-3+;;;;;. The van der Waals surface area contributed by atoms with Crippen LogP contribution >= 0.6 is 0 Å². The second-order valence-corrected chi connectivity index (χ2v) is 7.99. The van der Waals surface area contributed by atoms with Crippen LogP contribution in [0.2, 0.25) is 0 Å². The monoisotopic (exact) mass is 516 g/mol. The van der Waals surface area contributed by atoms with Crippen molar-refractivity contribution in [1.29, 1.82) is 0 Å². The van der Waals surface area contributed by atoms with Crippen molar-refractivity contribution < 1.29 is 4.79 Å². The van der Waals surface area contributed by atoms with E-state index in [0.717, 1.165) is 28.8 Å². The molecule has 0 aliphatic carbocycles. The predicted octanol–water partition coefficient (Wildman–Crippen LogP) is 7.75. The van der Waals surface area contributed by atoms with Crippen LogP contribution in [0.3, 0.4) is 0 Å². The minimum atomic E-state index is -0.00977. The summed E-state index contributed by atoms with van der Waals surface area (Å²) < 4.78 is 3.29. The van der Waals surface area contributed by atoms with Crippen LogP contribution in [0.5, 0.6) is 0 Å². The Morgan fingerprint density at radius 2 is 0.974 bits per heavy atom. The zero-order chi connectivity index (χ0) is 25.8. The maximum Gasteiger partial charge on any atom is 0.255 e. The molecule has 4 rings (SSSR count). The third-order valence-electron chi connectivity index (χ3n) is 5.00. The van der Waals surface area contributed by atoms with E-state index in [-0.39, 0.29) is 33.4 Å². The SMILES string of the molecule is C.C.C.C/C=C/c1ccn(-c2ccc(C)cc2)c(=O)c1.CC=O.Cc1ccc(-n2ccc(C)cc2=O)cc1. The Kier molecular flexibility index (Phi) is 17.1. The highest BCUT2D eigenvalue weighted by Crippen LogP contribution is 2.08. The summed E-state index contributed by atoms with van der Waals surface area (Å²) in [5.74, 6) is 0. The van der Waals surface area contributed by atoms with Gasteiger partial charge in [0.25, 0.3) is 11.1 Å². The smallest absolute Gasteiger partial charge is 0.255 e. The van der Waals surface area contributed by atoms with Gasteiger partial charge in [-0.15, -0.1) is 0 Å². The van der Waals surface area contributed by atoms with Crippen molar-refractivity contribution in [2.75, 3.05) is 0 Å². The van der Waals surface area contributed by atoms with Gasteiger partial charge in [0.05, 0.1) is 0 Å². The molecule has 204 valence electrons. The van der Waals surface area contributed by atoms with Crippen molar-refractivity contribution in [3.05, 3.63) is 134 Å². The van der Waals surface area contributed by atoms with E-state index in [4.69, 9.17) is 4.79 Å². The molecule has 0 N–H and O–H groups in total. The maximum absolute atomic E-state index is 11.9. The van der Waals surface area contributed by atoms with Gasteiger partial charge in [0.1, 0.15) is 6.29 Å². The highest BCUT2D eigenvalue weighted by molar-refractivity contribution is 5.48. The van der Waals surface area contributed by atoms with Crippen LogP contribution in [0, 0.1) is 20.8 Å². The maximum atomic E-state index is 11.9. The van der Waals surface area contributed by atoms with Gasteiger partial charge in [-0.3, -0.25) is 18.7 Å². The van der Waals surface area contributed by atoms with Crippen LogP contribution in [-0.2, 0) is 4.79 Å². The zero-order valence-corrected chi connectivity index (χ0v) is 20.9. The van der Waals surface area contributed by atoms with Gasteiger partial charge in [0, 0.05) is 35.9 Å². The topological polar surface area (TPSA) is 61.1 Å². The molecule has 0 saturated carbocycles. The van der Waals surface area contributed by atoms with Gasteiger partial charge in [-0.05, 0) is 82.1 Å². The molecule has 2 aromatic carbocycles. The number of allylic oxidation sites excluding steroid dienone is 1. The molecule has 0 spiro atoms. The number of benzene rings is 2. The molecule has 0 aliphatic heterocycles. The van der Waals surface area contributed by atoms with E-state index < -0.39 is 0 Å². The molecule has 0 atom stereocenters. The number of aromatic nitrogens is 2. The molecule has 2 heterocycles. The summed E-state index contributed by atoms with van der Waals surface area (Å²) in [5.41, 5.74) is 6.11. The lowest BCUT2D eigenvalue weighted by Gasteiger charge is -2.06. The highest BCUT2D eigenvalue weighted by Gasteiger charge is 2.00. The molecule has 5 nitrogen and oxygen atoms in total. The first-order valence-electron chi connectivity index (χ1n) is 11.4. The van der Waals surface area contributed by atoms with Crippen molar-refractivity contribution in [3.63, 3.8) is 0 Å². The first kappa shape index (κ1) is 35.9. The first-order chi connectivity index (χ1) is 16.8. The molecular formula is C33H44N2O3. The molecule has 0 saturated heterocycles. The molecule has 5 heteroatoms. The number of aldehydes is 1. The highest BCUT2D eigenvalue weighted by atomic mass is 16.1. The fourth-order valence-electron chi connectivity index (χ4n) is 3.21. The second-order valence-electron chi connectivity index (χ2n) is 7.99.